The largest absolute Gasteiger partial charge is 0.320 e. The fourth-order valence-electron chi connectivity index (χ4n) is 1.96. The number of nitriles is 1. The average Bonchev–Trinajstić information content (AvgIpc) is 3.27. The van der Waals surface area contributed by atoms with Crippen LogP contribution in [0.2, 0.25) is 10.0 Å². The maximum absolute atomic E-state index is 12.3. The van der Waals surface area contributed by atoms with Gasteiger partial charge in [-0.05, 0) is 29.7 Å². The predicted molar refractivity (Wildman–Crippen MR) is 104 cm³/mol. The molecule has 1 amide bonds. The van der Waals surface area contributed by atoms with Crippen LogP contribution in [0.4, 0.5) is 5.69 Å². The fourth-order valence-corrected chi connectivity index (χ4v) is 3.79. The van der Waals surface area contributed by atoms with Gasteiger partial charge in [0.25, 0.3) is 5.91 Å². The predicted octanol–water partition coefficient (Wildman–Crippen LogP) is 5.72. The summed E-state index contributed by atoms with van der Waals surface area (Å²) in [5, 5.41) is 19.0. The molecule has 4 nitrogen and oxygen atoms in total. The molecule has 3 aromatic rings. The second-order valence-electron chi connectivity index (χ2n) is 4.81. The molecule has 0 atom stereocenters. The Hall–Kier alpha value is -2.17. The SMILES string of the molecule is N#C/C(=C/c1csc(-c2ccsc2)n1)C(=O)Nc1cccc(Cl)c1Cl. The van der Waals surface area contributed by atoms with Gasteiger partial charge in [-0.25, -0.2) is 4.98 Å². The quantitative estimate of drug-likeness (QED) is 0.445. The maximum atomic E-state index is 12.3. The minimum atomic E-state index is -0.572. The number of hydrogen-bond acceptors (Lipinski definition) is 5. The van der Waals surface area contributed by atoms with E-state index in [0.29, 0.717) is 16.4 Å². The van der Waals surface area contributed by atoms with Gasteiger partial charge in [-0.1, -0.05) is 29.3 Å². The van der Waals surface area contributed by atoms with Gasteiger partial charge in [-0.2, -0.15) is 16.6 Å². The Bertz CT molecular complexity index is 988. The van der Waals surface area contributed by atoms with Crippen molar-refractivity contribution in [2.24, 2.45) is 0 Å². The Morgan fingerprint density at radius 3 is 2.84 bits per heavy atom. The highest BCUT2D eigenvalue weighted by Crippen LogP contribution is 2.30. The molecule has 1 aromatic carbocycles. The second-order valence-corrected chi connectivity index (χ2v) is 7.24. The van der Waals surface area contributed by atoms with Crippen molar-refractivity contribution in [3.63, 3.8) is 0 Å². The van der Waals surface area contributed by atoms with Gasteiger partial charge in [0.05, 0.1) is 21.4 Å². The number of nitrogens with one attached hydrogen (secondary N) is 1. The van der Waals surface area contributed by atoms with Crippen molar-refractivity contribution < 1.29 is 4.79 Å². The smallest absolute Gasteiger partial charge is 0.266 e. The van der Waals surface area contributed by atoms with Crippen LogP contribution in [0.1, 0.15) is 5.69 Å². The number of thiophene rings is 1. The van der Waals surface area contributed by atoms with Crippen LogP contribution in [-0.2, 0) is 4.79 Å². The summed E-state index contributed by atoms with van der Waals surface area (Å²) in [5.74, 6) is -0.572. The normalized spacial score (nSPS) is 11.2. The molecule has 0 aliphatic carbocycles. The number of aromatic nitrogens is 1. The molecule has 0 radical (unpaired) electrons. The summed E-state index contributed by atoms with van der Waals surface area (Å²) in [6, 6.07) is 8.74. The number of nitrogens with zero attached hydrogens (tertiary/aromatic N) is 2. The van der Waals surface area contributed by atoms with Crippen molar-refractivity contribution in [2.45, 2.75) is 0 Å². The Kier molecular flexibility index (Phi) is 5.51. The van der Waals surface area contributed by atoms with Crippen molar-refractivity contribution in [1.82, 2.24) is 4.98 Å². The Labute approximate surface area is 162 Å². The third-order valence-corrected chi connectivity index (χ3v) is 5.56. The number of hydrogen-bond donors (Lipinski definition) is 1. The highest BCUT2D eigenvalue weighted by Gasteiger charge is 2.14. The number of rotatable bonds is 4. The van der Waals surface area contributed by atoms with Crippen LogP contribution in [0.5, 0.6) is 0 Å². The summed E-state index contributed by atoms with van der Waals surface area (Å²) in [6.07, 6.45) is 1.44. The minimum absolute atomic E-state index is 0.0711. The molecular formula is C17H9Cl2N3OS2. The standard InChI is InChI=1S/C17H9Cl2N3OS2/c18-13-2-1-3-14(15(13)19)22-16(23)11(7-20)6-12-9-25-17(21-12)10-4-5-24-8-10/h1-6,8-9H,(H,22,23)/b11-6-. The molecule has 0 aliphatic heterocycles. The number of amides is 1. The first-order valence-electron chi connectivity index (χ1n) is 6.93. The van der Waals surface area contributed by atoms with Gasteiger partial charge < -0.3 is 5.32 Å². The molecular weight excluding hydrogens is 397 g/mol. The van der Waals surface area contributed by atoms with E-state index in [1.165, 1.54) is 17.4 Å². The van der Waals surface area contributed by atoms with Crippen molar-refractivity contribution in [3.05, 3.63) is 61.7 Å². The van der Waals surface area contributed by atoms with Crippen molar-refractivity contribution in [1.29, 1.82) is 5.26 Å². The molecule has 0 spiro atoms. The van der Waals surface area contributed by atoms with Gasteiger partial charge >= 0.3 is 0 Å². The van der Waals surface area contributed by atoms with E-state index >= 15 is 0 Å². The Balaban J connectivity index is 1.82. The lowest BCUT2D eigenvalue weighted by Gasteiger charge is -2.07. The average molecular weight is 406 g/mol. The lowest BCUT2D eigenvalue weighted by Crippen LogP contribution is -2.13. The van der Waals surface area contributed by atoms with E-state index in [-0.39, 0.29) is 10.6 Å². The summed E-state index contributed by atoms with van der Waals surface area (Å²) < 4.78 is 0. The first-order valence-corrected chi connectivity index (χ1v) is 9.51. The number of benzene rings is 1. The minimum Gasteiger partial charge on any atom is -0.320 e. The third-order valence-electron chi connectivity index (χ3n) is 3.15. The molecule has 1 N–H and O–H groups in total. The number of thiazole rings is 1. The lowest BCUT2D eigenvalue weighted by atomic mass is 10.2. The van der Waals surface area contributed by atoms with E-state index in [1.54, 1.807) is 34.9 Å². The zero-order valence-electron chi connectivity index (χ0n) is 12.5. The van der Waals surface area contributed by atoms with Crippen LogP contribution in [0, 0.1) is 11.3 Å². The first-order chi connectivity index (χ1) is 12.1. The van der Waals surface area contributed by atoms with E-state index in [0.717, 1.165) is 10.6 Å². The van der Waals surface area contributed by atoms with E-state index in [4.69, 9.17) is 23.2 Å². The van der Waals surface area contributed by atoms with E-state index in [2.05, 4.69) is 10.3 Å². The molecule has 3 rings (SSSR count). The molecule has 124 valence electrons. The Morgan fingerprint density at radius 2 is 2.12 bits per heavy atom. The molecule has 0 saturated heterocycles. The van der Waals surface area contributed by atoms with Crippen LogP contribution < -0.4 is 5.32 Å². The zero-order chi connectivity index (χ0) is 17.8. The highest BCUT2D eigenvalue weighted by molar-refractivity contribution is 7.14. The second kappa shape index (κ2) is 7.81. The van der Waals surface area contributed by atoms with Gasteiger partial charge in [0, 0.05) is 16.3 Å². The van der Waals surface area contributed by atoms with Gasteiger partial charge in [0.15, 0.2) is 0 Å². The lowest BCUT2D eigenvalue weighted by molar-refractivity contribution is -0.112. The molecule has 0 unspecified atom stereocenters. The maximum Gasteiger partial charge on any atom is 0.266 e. The fraction of sp³-hybridized carbons (Fsp3) is 0. The Morgan fingerprint density at radius 1 is 1.28 bits per heavy atom. The van der Waals surface area contributed by atoms with E-state index in [1.807, 2.05) is 22.9 Å². The van der Waals surface area contributed by atoms with Gasteiger partial charge in [-0.3, -0.25) is 4.79 Å². The van der Waals surface area contributed by atoms with Crippen molar-refractivity contribution >= 4 is 63.5 Å². The third kappa shape index (κ3) is 4.09. The summed E-state index contributed by atoms with van der Waals surface area (Å²) in [7, 11) is 0. The molecule has 2 heterocycles. The molecule has 0 aliphatic rings. The number of carbonyl (C=O) groups excluding carboxylic acids is 1. The van der Waals surface area contributed by atoms with Crippen LogP contribution in [0.3, 0.4) is 0 Å². The van der Waals surface area contributed by atoms with Crippen molar-refractivity contribution in [2.75, 3.05) is 5.32 Å². The van der Waals surface area contributed by atoms with E-state index in [9.17, 15) is 10.1 Å². The summed E-state index contributed by atoms with van der Waals surface area (Å²) in [5.41, 5.74) is 1.84. The van der Waals surface area contributed by atoms with E-state index < -0.39 is 5.91 Å². The van der Waals surface area contributed by atoms with Crippen molar-refractivity contribution in [3.8, 4) is 16.6 Å². The summed E-state index contributed by atoms with van der Waals surface area (Å²) in [4.78, 5) is 16.8. The molecule has 25 heavy (non-hydrogen) atoms. The van der Waals surface area contributed by atoms with Gasteiger partial charge in [-0.15, -0.1) is 11.3 Å². The summed E-state index contributed by atoms with van der Waals surface area (Å²) in [6.45, 7) is 0. The summed E-state index contributed by atoms with van der Waals surface area (Å²) >= 11 is 15.0. The van der Waals surface area contributed by atoms with Gasteiger partial charge in [0.2, 0.25) is 0 Å². The number of anilines is 1. The topological polar surface area (TPSA) is 65.8 Å². The van der Waals surface area contributed by atoms with Crippen LogP contribution in [0.25, 0.3) is 16.6 Å². The molecule has 0 saturated carbocycles. The van der Waals surface area contributed by atoms with Crippen LogP contribution in [-0.4, -0.2) is 10.9 Å². The molecule has 8 heteroatoms. The first kappa shape index (κ1) is 17.6. The highest BCUT2D eigenvalue weighted by atomic mass is 35.5. The number of halogens is 2. The molecule has 2 aromatic heterocycles. The van der Waals surface area contributed by atoms with Gasteiger partial charge in [0.1, 0.15) is 16.6 Å². The zero-order valence-corrected chi connectivity index (χ0v) is 15.6. The number of carbonyl (C=O) groups is 1. The van der Waals surface area contributed by atoms with Crippen LogP contribution >= 0.6 is 45.9 Å². The monoisotopic (exact) mass is 405 g/mol. The molecule has 0 bridgehead atoms. The molecule has 0 fully saturated rings. The van der Waals surface area contributed by atoms with Crippen LogP contribution in [0.15, 0.2) is 46.0 Å².